The molecule has 3 nitrogen and oxygen atoms in total. The van der Waals surface area contributed by atoms with E-state index in [2.05, 4.69) is 43.3 Å². The number of amides is 1. The fraction of sp³-hybridized carbons (Fsp3) is 0.421. The number of aryl methyl sites for hydroxylation is 2. The van der Waals surface area contributed by atoms with Gasteiger partial charge in [-0.25, -0.2) is 5.48 Å². The van der Waals surface area contributed by atoms with Crippen molar-refractivity contribution in [2.24, 2.45) is 0 Å². The molecule has 1 amide bonds. The molecule has 24 heavy (non-hydrogen) atoms. The van der Waals surface area contributed by atoms with E-state index >= 15 is 0 Å². The van der Waals surface area contributed by atoms with Crippen molar-refractivity contribution < 1.29 is 10.0 Å². The summed E-state index contributed by atoms with van der Waals surface area (Å²) in [6.07, 6.45) is 7.01. The Morgan fingerprint density at radius 1 is 1.17 bits per heavy atom. The number of hydroxylamine groups is 1. The summed E-state index contributed by atoms with van der Waals surface area (Å²) >= 11 is 3.31. The van der Waals surface area contributed by atoms with Crippen LogP contribution in [0.1, 0.15) is 36.1 Å². The Bertz CT molecular complexity index is 637. The molecular weight excluding hydrogens is 338 g/mol. The van der Waals surface area contributed by atoms with E-state index in [9.17, 15) is 4.79 Å². The van der Waals surface area contributed by atoms with Gasteiger partial charge >= 0.3 is 0 Å². The number of benzene rings is 1. The summed E-state index contributed by atoms with van der Waals surface area (Å²) in [5, 5.41) is 8.53. The highest BCUT2D eigenvalue weighted by Crippen LogP contribution is 2.28. The van der Waals surface area contributed by atoms with Crippen molar-refractivity contribution in [1.29, 1.82) is 0 Å². The molecular formula is C19H25NO2S2. The van der Waals surface area contributed by atoms with E-state index in [4.69, 9.17) is 5.21 Å². The van der Waals surface area contributed by atoms with Gasteiger partial charge in [-0.3, -0.25) is 10.0 Å². The molecule has 0 fully saturated rings. The van der Waals surface area contributed by atoms with Gasteiger partial charge in [-0.15, -0.1) is 11.3 Å². The zero-order chi connectivity index (χ0) is 17.4. The third-order valence-corrected chi connectivity index (χ3v) is 6.17. The number of thioether (sulfide) groups is 1. The predicted octanol–water partition coefficient (Wildman–Crippen LogP) is 5.06. The predicted molar refractivity (Wildman–Crippen MR) is 104 cm³/mol. The summed E-state index contributed by atoms with van der Waals surface area (Å²) in [5.74, 6) is -0.290. The number of thiophene rings is 1. The lowest BCUT2D eigenvalue weighted by Crippen LogP contribution is -2.29. The highest BCUT2D eigenvalue weighted by atomic mass is 32.2. The summed E-state index contributed by atoms with van der Waals surface area (Å²) < 4.78 is 0. The largest absolute Gasteiger partial charge is 0.289 e. The summed E-state index contributed by atoms with van der Waals surface area (Å²) in [5.41, 5.74) is 4.39. The van der Waals surface area contributed by atoms with Crippen LogP contribution in [0.25, 0.3) is 10.4 Å². The molecule has 1 atom stereocenters. The molecule has 2 rings (SSSR count). The normalized spacial score (nSPS) is 12.1. The minimum Gasteiger partial charge on any atom is -0.289 e. The van der Waals surface area contributed by atoms with Crippen LogP contribution in [-0.4, -0.2) is 22.6 Å². The van der Waals surface area contributed by atoms with Gasteiger partial charge in [0.15, 0.2) is 0 Å². The Balaban J connectivity index is 1.72. The molecule has 0 aliphatic carbocycles. The smallest absolute Gasteiger partial charge is 0.256 e. The third-order valence-electron chi connectivity index (χ3n) is 4.10. The summed E-state index contributed by atoms with van der Waals surface area (Å²) in [6.45, 7) is 2.13. The Labute approximate surface area is 152 Å². The molecule has 2 aromatic rings. The number of carbonyl (C=O) groups excluding carboxylic acids is 1. The van der Waals surface area contributed by atoms with E-state index in [-0.39, 0.29) is 11.2 Å². The first-order valence-electron chi connectivity index (χ1n) is 8.26. The molecule has 0 aliphatic heterocycles. The molecule has 1 aromatic carbocycles. The molecule has 5 heteroatoms. The zero-order valence-corrected chi connectivity index (χ0v) is 15.9. The van der Waals surface area contributed by atoms with Gasteiger partial charge in [0.2, 0.25) is 0 Å². The first kappa shape index (κ1) is 19.0. The van der Waals surface area contributed by atoms with E-state index < -0.39 is 0 Å². The van der Waals surface area contributed by atoms with Crippen molar-refractivity contribution in [2.75, 3.05) is 6.26 Å². The fourth-order valence-corrected chi connectivity index (χ4v) is 4.23. The van der Waals surface area contributed by atoms with Crippen LogP contribution in [0.4, 0.5) is 0 Å². The molecule has 1 unspecified atom stereocenters. The Kier molecular flexibility index (Phi) is 7.82. The Morgan fingerprint density at radius 2 is 1.92 bits per heavy atom. The van der Waals surface area contributed by atoms with Crippen LogP contribution in [0.2, 0.25) is 0 Å². The van der Waals surface area contributed by atoms with Crippen LogP contribution >= 0.6 is 23.1 Å². The second-order valence-electron chi connectivity index (χ2n) is 5.91. The van der Waals surface area contributed by atoms with Crippen molar-refractivity contribution >= 4 is 29.0 Å². The standard InChI is InChI=1S/C19H25NO2S2/c1-14-8-13-17(24-14)16-11-9-15(10-12-16)6-4-3-5-7-18(23-2)19(21)20-22/h8-13,18,22H,3-7H2,1-2H3,(H,20,21). The van der Waals surface area contributed by atoms with Crippen molar-refractivity contribution in [3.05, 3.63) is 46.8 Å². The number of unbranched alkanes of at least 4 members (excludes halogenated alkanes) is 2. The van der Waals surface area contributed by atoms with Crippen molar-refractivity contribution in [2.45, 2.75) is 44.3 Å². The molecule has 0 bridgehead atoms. The monoisotopic (exact) mass is 363 g/mol. The highest BCUT2D eigenvalue weighted by molar-refractivity contribution is 7.99. The second kappa shape index (κ2) is 9.87. The minimum atomic E-state index is -0.290. The first-order valence-corrected chi connectivity index (χ1v) is 10.4. The third kappa shape index (κ3) is 5.65. The van der Waals surface area contributed by atoms with E-state index in [1.54, 1.807) is 5.48 Å². The van der Waals surface area contributed by atoms with Gasteiger partial charge in [-0.05, 0) is 55.7 Å². The number of nitrogens with one attached hydrogen (secondary N) is 1. The Hall–Kier alpha value is -1.30. The van der Waals surface area contributed by atoms with E-state index in [0.29, 0.717) is 0 Å². The lowest BCUT2D eigenvalue weighted by molar-refractivity contribution is -0.128. The average molecular weight is 364 g/mol. The quantitative estimate of drug-likeness (QED) is 0.372. The van der Waals surface area contributed by atoms with Crippen molar-refractivity contribution in [1.82, 2.24) is 5.48 Å². The summed E-state index contributed by atoms with van der Waals surface area (Å²) in [6, 6.07) is 13.2. The maximum Gasteiger partial charge on any atom is 0.256 e. The van der Waals surface area contributed by atoms with Crippen LogP contribution < -0.4 is 5.48 Å². The molecule has 2 N–H and O–H groups in total. The topological polar surface area (TPSA) is 49.3 Å². The number of rotatable bonds is 9. The lowest BCUT2D eigenvalue weighted by Gasteiger charge is -2.11. The van der Waals surface area contributed by atoms with E-state index in [1.807, 2.05) is 17.6 Å². The highest BCUT2D eigenvalue weighted by Gasteiger charge is 2.15. The maximum absolute atomic E-state index is 11.4. The van der Waals surface area contributed by atoms with E-state index in [1.165, 1.54) is 32.6 Å². The van der Waals surface area contributed by atoms with Gasteiger partial charge in [0, 0.05) is 9.75 Å². The van der Waals surface area contributed by atoms with E-state index in [0.717, 1.165) is 32.1 Å². The molecule has 0 spiro atoms. The van der Waals surface area contributed by atoms with Gasteiger partial charge in [0.05, 0.1) is 5.25 Å². The molecule has 0 saturated heterocycles. The molecule has 130 valence electrons. The van der Waals surface area contributed by atoms with Crippen LogP contribution in [-0.2, 0) is 11.2 Å². The molecule has 1 heterocycles. The van der Waals surface area contributed by atoms with Crippen LogP contribution in [0, 0.1) is 6.92 Å². The first-order chi connectivity index (χ1) is 11.6. The molecule has 0 radical (unpaired) electrons. The number of hydrogen-bond acceptors (Lipinski definition) is 4. The number of hydrogen-bond donors (Lipinski definition) is 2. The molecule has 0 saturated carbocycles. The van der Waals surface area contributed by atoms with Crippen LogP contribution in [0.5, 0.6) is 0 Å². The van der Waals surface area contributed by atoms with Crippen LogP contribution in [0.15, 0.2) is 36.4 Å². The summed E-state index contributed by atoms with van der Waals surface area (Å²) in [7, 11) is 0. The molecule has 1 aromatic heterocycles. The summed E-state index contributed by atoms with van der Waals surface area (Å²) in [4.78, 5) is 14.1. The zero-order valence-electron chi connectivity index (χ0n) is 14.2. The van der Waals surface area contributed by atoms with Crippen molar-refractivity contribution in [3.63, 3.8) is 0 Å². The SMILES string of the molecule is CSC(CCCCCc1ccc(-c2ccc(C)s2)cc1)C(=O)NO. The minimum absolute atomic E-state index is 0.150. The second-order valence-corrected chi connectivity index (χ2v) is 8.24. The van der Waals surface area contributed by atoms with Crippen LogP contribution in [0.3, 0.4) is 0 Å². The van der Waals surface area contributed by atoms with Gasteiger partial charge in [-0.2, -0.15) is 11.8 Å². The lowest BCUT2D eigenvalue weighted by atomic mass is 10.0. The fourth-order valence-electron chi connectivity index (χ4n) is 2.69. The maximum atomic E-state index is 11.4. The van der Waals surface area contributed by atoms with Crippen molar-refractivity contribution in [3.8, 4) is 10.4 Å². The Morgan fingerprint density at radius 3 is 2.50 bits per heavy atom. The average Bonchev–Trinajstić information content (AvgIpc) is 3.04. The van der Waals surface area contributed by atoms with Gasteiger partial charge < -0.3 is 0 Å². The number of carbonyl (C=O) groups is 1. The van der Waals surface area contributed by atoms with Gasteiger partial charge in [0.25, 0.3) is 5.91 Å². The van der Waals surface area contributed by atoms with Gasteiger partial charge in [-0.1, -0.05) is 37.1 Å². The molecule has 0 aliphatic rings. The van der Waals surface area contributed by atoms with Gasteiger partial charge in [0.1, 0.15) is 0 Å².